The molecule has 0 radical (unpaired) electrons. The van der Waals surface area contributed by atoms with Crippen LogP contribution in [0, 0.1) is 29.1 Å². The van der Waals surface area contributed by atoms with E-state index in [9.17, 15) is 32.8 Å². The molecule has 2 aromatic heterocycles. The van der Waals surface area contributed by atoms with E-state index in [1.807, 2.05) is 37.3 Å². The number of amides is 4. The molecule has 1 unspecified atom stereocenters. The number of methoxy groups -OCH3 is 1. The highest BCUT2D eigenvalue weighted by Gasteiger charge is 2.40. The molecular formula is C52H63F2N7O8. The Labute approximate surface area is 401 Å². The molecule has 7 rings (SSSR count). The first-order chi connectivity index (χ1) is 32.7. The Morgan fingerprint density at radius 1 is 1.07 bits per heavy atom. The number of carbonyl (C=O) groups is 5. The van der Waals surface area contributed by atoms with Crippen LogP contribution in [0.5, 0.6) is 0 Å². The van der Waals surface area contributed by atoms with Crippen LogP contribution in [0.1, 0.15) is 83.7 Å². The van der Waals surface area contributed by atoms with Crippen molar-refractivity contribution in [3.8, 4) is 34.2 Å². The molecule has 368 valence electrons. The van der Waals surface area contributed by atoms with Crippen LogP contribution in [0.25, 0.3) is 33.3 Å². The molecule has 6 bridgehead atoms. The van der Waals surface area contributed by atoms with E-state index >= 15 is 0 Å². The molecular weight excluding hydrogens is 889 g/mol. The Kier molecular flexibility index (Phi) is 15.3. The molecule has 3 aliphatic rings. The number of aryl methyl sites for hydroxylation is 1. The third-order valence-corrected chi connectivity index (χ3v) is 13.4. The van der Waals surface area contributed by atoms with E-state index < -0.39 is 71.1 Å². The van der Waals surface area contributed by atoms with Gasteiger partial charge in [0, 0.05) is 86.7 Å². The summed E-state index contributed by atoms with van der Waals surface area (Å²) in [5, 5.41) is 14.1. The second-order valence-corrected chi connectivity index (χ2v) is 19.5. The lowest BCUT2D eigenvalue weighted by Crippen LogP contribution is -2.62. The number of nitrogens with zero attached hydrogens (tertiary/aromatic N) is 5. The van der Waals surface area contributed by atoms with Gasteiger partial charge in [-0.25, -0.2) is 5.43 Å². The quantitative estimate of drug-likeness (QED) is 0.140. The number of rotatable bonds is 9. The van der Waals surface area contributed by atoms with Crippen LogP contribution < -0.4 is 10.7 Å². The molecule has 2 aromatic carbocycles. The Morgan fingerprint density at radius 2 is 1.83 bits per heavy atom. The van der Waals surface area contributed by atoms with Crippen molar-refractivity contribution in [2.45, 2.75) is 111 Å². The molecule has 2 fully saturated rings. The number of nitrogens with one attached hydrogen (secondary N) is 2. The average Bonchev–Trinajstić information content (AvgIpc) is 3.94. The summed E-state index contributed by atoms with van der Waals surface area (Å²) in [5.74, 6) is -1.21. The maximum absolute atomic E-state index is 14.7. The minimum absolute atomic E-state index is 0.0695. The van der Waals surface area contributed by atoms with E-state index in [0.29, 0.717) is 25.8 Å². The lowest BCUT2D eigenvalue weighted by Gasteiger charge is -2.37. The van der Waals surface area contributed by atoms with Crippen molar-refractivity contribution in [3.05, 3.63) is 77.6 Å². The SMILES string of the molecule is CCn1c(-c2cccnc2[C@H](C)OC)c2c3cc(ccc31)-c1cccc(c1)C[C@H](NC(=O)[C@H](C(C)C)N(C)C(=O)C1CCN(C(=O)C#CC(O)(F)F)C1)C(=O)N1CCC[C@H](N1)C(=O)OCC(C)(C)C2. The number of halogens is 2. The van der Waals surface area contributed by atoms with E-state index in [2.05, 4.69) is 60.3 Å². The third kappa shape index (κ3) is 11.3. The van der Waals surface area contributed by atoms with E-state index in [-0.39, 0.29) is 45.2 Å². The molecule has 17 heteroatoms. The van der Waals surface area contributed by atoms with Crippen LogP contribution in [-0.2, 0) is 52.8 Å². The van der Waals surface area contributed by atoms with Gasteiger partial charge in [-0.1, -0.05) is 58.0 Å². The van der Waals surface area contributed by atoms with Gasteiger partial charge in [-0.05, 0) is 92.0 Å². The van der Waals surface area contributed by atoms with Gasteiger partial charge >= 0.3 is 12.1 Å². The number of aliphatic hydroxyl groups is 1. The lowest BCUT2D eigenvalue weighted by molar-refractivity contribution is -0.155. The lowest BCUT2D eigenvalue weighted by atomic mass is 9.84. The zero-order valence-corrected chi connectivity index (χ0v) is 40.6. The number of benzene rings is 2. The van der Waals surface area contributed by atoms with Crippen molar-refractivity contribution in [3.63, 3.8) is 0 Å². The van der Waals surface area contributed by atoms with E-state index in [0.717, 1.165) is 55.0 Å². The fourth-order valence-electron chi connectivity index (χ4n) is 9.95. The normalized spacial score (nSPS) is 20.7. The first kappa shape index (κ1) is 50.7. The number of likely N-dealkylation sites (tertiary alicyclic amines) is 1. The van der Waals surface area contributed by atoms with Gasteiger partial charge in [0.25, 0.3) is 11.8 Å². The summed E-state index contributed by atoms with van der Waals surface area (Å²) < 4.78 is 40.0. The van der Waals surface area contributed by atoms with Crippen molar-refractivity contribution in [2.75, 3.05) is 40.4 Å². The van der Waals surface area contributed by atoms with Gasteiger partial charge in [0.1, 0.15) is 18.1 Å². The number of esters is 1. The van der Waals surface area contributed by atoms with E-state index in [1.165, 1.54) is 22.9 Å². The van der Waals surface area contributed by atoms with Gasteiger partial charge in [-0.2, -0.15) is 8.78 Å². The number of hydrogen-bond donors (Lipinski definition) is 3. The standard InChI is InChI=1S/C52H63F2N7O8/c1-9-60-42-18-17-35-27-38(42)39(46(60)37-15-11-22-55-44(37)32(4)68-8)28-51(5,6)30-69-50(66)40-16-12-23-61(57-40)49(65)41(26-33-13-10-14-34(35)25-33)56-47(63)45(31(2)3)58(7)48(64)36-20-24-59(29-36)43(62)19-21-52(53,54)67/h10-11,13-15,17-18,22,25,27,31-32,36,40-41,45,57,67H,9,12,16,20,23-24,26,28-30H2,1-8H3,(H,56,63)/t32-,36?,40-,41-,45-/m0/s1. The van der Waals surface area contributed by atoms with Gasteiger partial charge < -0.3 is 34.3 Å². The van der Waals surface area contributed by atoms with Crippen molar-refractivity contribution < 1.29 is 47.3 Å². The fourth-order valence-corrected chi connectivity index (χ4v) is 9.95. The van der Waals surface area contributed by atoms with Gasteiger partial charge in [0.2, 0.25) is 11.8 Å². The number of hydrazine groups is 1. The first-order valence-electron chi connectivity index (χ1n) is 23.7. The van der Waals surface area contributed by atoms with Gasteiger partial charge in [-0.3, -0.25) is 34.0 Å². The molecule has 2 saturated heterocycles. The first-order valence-corrected chi connectivity index (χ1v) is 23.7. The van der Waals surface area contributed by atoms with E-state index in [4.69, 9.17) is 19.6 Å². The smallest absolute Gasteiger partial charge is 0.421 e. The van der Waals surface area contributed by atoms with Crippen LogP contribution in [0.4, 0.5) is 8.78 Å². The highest BCUT2D eigenvalue weighted by Crippen LogP contribution is 2.42. The van der Waals surface area contributed by atoms with Crippen LogP contribution in [0.3, 0.4) is 0 Å². The Balaban J connectivity index is 1.25. The molecule has 0 saturated carbocycles. The molecule has 3 N–H and O–H groups in total. The number of aromatic nitrogens is 2. The fraction of sp³-hybridized carbons (Fsp3) is 0.500. The molecule has 69 heavy (non-hydrogen) atoms. The molecule has 15 nitrogen and oxygen atoms in total. The van der Waals surface area contributed by atoms with Crippen LogP contribution in [0.2, 0.25) is 0 Å². The number of pyridine rings is 1. The minimum Gasteiger partial charge on any atom is -0.464 e. The van der Waals surface area contributed by atoms with Crippen LogP contribution in [-0.4, -0.2) is 124 Å². The Morgan fingerprint density at radius 3 is 2.54 bits per heavy atom. The summed E-state index contributed by atoms with van der Waals surface area (Å²) in [5.41, 5.74) is 10.1. The summed E-state index contributed by atoms with van der Waals surface area (Å²) in [6, 6.07) is 15.2. The van der Waals surface area contributed by atoms with E-state index in [1.54, 1.807) is 33.1 Å². The summed E-state index contributed by atoms with van der Waals surface area (Å²) in [7, 11) is 3.15. The Hall–Kier alpha value is -6.22. The molecule has 0 aliphatic carbocycles. The third-order valence-electron chi connectivity index (χ3n) is 13.4. The summed E-state index contributed by atoms with van der Waals surface area (Å²) in [6.45, 7) is 12.8. The zero-order chi connectivity index (χ0) is 49.9. The number of likely N-dealkylation sites (N-methyl/N-ethyl adjacent to an activating group) is 1. The molecule has 5 atom stereocenters. The highest BCUT2D eigenvalue weighted by molar-refractivity contribution is 5.97. The predicted octanol–water partition coefficient (Wildman–Crippen LogP) is 5.67. The number of cyclic esters (lactones) is 1. The average molecular weight is 952 g/mol. The van der Waals surface area contributed by atoms with Crippen molar-refractivity contribution in [1.29, 1.82) is 0 Å². The number of alkyl halides is 2. The number of hydrogen-bond acceptors (Lipinski definition) is 10. The Bertz CT molecular complexity index is 2670. The van der Waals surface area contributed by atoms with Crippen molar-refractivity contribution in [2.24, 2.45) is 17.3 Å². The number of ether oxygens (including phenoxy) is 2. The number of carbonyl (C=O) groups excluding carboxylic acids is 5. The summed E-state index contributed by atoms with van der Waals surface area (Å²) >= 11 is 0. The monoisotopic (exact) mass is 951 g/mol. The maximum Gasteiger partial charge on any atom is 0.421 e. The predicted molar refractivity (Wildman–Crippen MR) is 255 cm³/mol. The van der Waals surface area contributed by atoms with Crippen molar-refractivity contribution in [1.82, 2.24) is 35.1 Å². The molecule has 3 aliphatic heterocycles. The summed E-state index contributed by atoms with van der Waals surface area (Å²) in [6.07, 6.45) is -1.10. The second kappa shape index (κ2) is 20.8. The van der Waals surface area contributed by atoms with Gasteiger partial charge in [-0.15, -0.1) is 0 Å². The highest BCUT2D eigenvalue weighted by atomic mass is 19.3. The van der Waals surface area contributed by atoms with Crippen molar-refractivity contribution >= 4 is 40.5 Å². The molecule has 0 spiro atoms. The van der Waals surface area contributed by atoms with Gasteiger partial charge in [0.05, 0.1) is 30.0 Å². The summed E-state index contributed by atoms with van der Waals surface area (Å²) in [4.78, 5) is 76.9. The zero-order valence-electron chi connectivity index (χ0n) is 40.6. The second-order valence-electron chi connectivity index (χ2n) is 19.5. The van der Waals surface area contributed by atoms with Crippen LogP contribution in [0.15, 0.2) is 60.8 Å². The molecule has 4 amide bonds. The topological polar surface area (TPSA) is 176 Å². The molecule has 4 aromatic rings. The van der Waals surface area contributed by atoms with Crippen LogP contribution >= 0.6 is 0 Å². The maximum atomic E-state index is 14.7. The molecule has 5 heterocycles. The minimum atomic E-state index is -4.34. The number of fused-ring (bicyclic) bond motifs is 6. The van der Waals surface area contributed by atoms with Gasteiger partial charge in [0.15, 0.2) is 0 Å². The largest absolute Gasteiger partial charge is 0.464 e.